The standard InChI is InChI=1S/C18H28N2O/c1-12(2)14-4-6-15(7-5-14)13(3)10-18(21)20-11-17(19)16-8-9-16/h4-7,12-13,16-17H,8-11,19H2,1-3H3,(H,20,21). The van der Waals surface area contributed by atoms with Gasteiger partial charge in [-0.3, -0.25) is 4.79 Å². The first-order valence-electron chi connectivity index (χ1n) is 8.09. The molecule has 0 heterocycles. The van der Waals surface area contributed by atoms with Gasteiger partial charge in [-0.2, -0.15) is 0 Å². The monoisotopic (exact) mass is 288 g/mol. The zero-order valence-corrected chi connectivity index (χ0v) is 13.4. The summed E-state index contributed by atoms with van der Waals surface area (Å²) in [5.74, 6) is 1.52. The van der Waals surface area contributed by atoms with Gasteiger partial charge in [0, 0.05) is 19.0 Å². The highest BCUT2D eigenvalue weighted by atomic mass is 16.1. The highest BCUT2D eigenvalue weighted by Crippen LogP contribution is 2.31. The second-order valence-electron chi connectivity index (χ2n) is 6.73. The Labute approximate surface area is 128 Å². The molecular weight excluding hydrogens is 260 g/mol. The predicted molar refractivity (Wildman–Crippen MR) is 87.3 cm³/mol. The van der Waals surface area contributed by atoms with E-state index < -0.39 is 0 Å². The molecule has 21 heavy (non-hydrogen) atoms. The molecule has 2 unspecified atom stereocenters. The number of benzene rings is 1. The lowest BCUT2D eigenvalue weighted by molar-refractivity contribution is -0.121. The van der Waals surface area contributed by atoms with Crippen LogP contribution in [0.15, 0.2) is 24.3 Å². The van der Waals surface area contributed by atoms with Gasteiger partial charge in [0.2, 0.25) is 5.91 Å². The third kappa shape index (κ3) is 4.85. The molecule has 1 amide bonds. The van der Waals surface area contributed by atoms with E-state index in [-0.39, 0.29) is 17.9 Å². The van der Waals surface area contributed by atoms with Crippen LogP contribution < -0.4 is 11.1 Å². The second kappa shape index (κ2) is 7.08. The summed E-state index contributed by atoms with van der Waals surface area (Å²) in [6, 6.07) is 8.75. The zero-order chi connectivity index (χ0) is 15.4. The quantitative estimate of drug-likeness (QED) is 0.809. The van der Waals surface area contributed by atoms with Crippen molar-refractivity contribution in [3.63, 3.8) is 0 Å². The van der Waals surface area contributed by atoms with Gasteiger partial charge in [0.05, 0.1) is 0 Å². The van der Waals surface area contributed by atoms with Crippen LogP contribution in [0.25, 0.3) is 0 Å². The molecule has 3 nitrogen and oxygen atoms in total. The van der Waals surface area contributed by atoms with E-state index >= 15 is 0 Å². The third-order valence-corrected chi connectivity index (χ3v) is 4.43. The van der Waals surface area contributed by atoms with Crippen molar-refractivity contribution >= 4 is 5.91 Å². The molecule has 2 atom stereocenters. The molecule has 1 saturated carbocycles. The Kier molecular flexibility index (Phi) is 5.40. The summed E-state index contributed by atoms with van der Waals surface area (Å²) >= 11 is 0. The number of carbonyl (C=O) groups excluding carboxylic acids is 1. The predicted octanol–water partition coefficient (Wildman–Crippen LogP) is 3.16. The van der Waals surface area contributed by atoms with Gasteiger partial charge in [0.15, 0.2) is 0 Å². The fourth-order valence-electron chi connectivity index (χ4n) is 2.60. The minimum Gasteiger partial charge on any atom is -0.355 e. The van der Waals surface area contributed by atoms with E-state index in [1.165, 1.54) is 24.0 Å². The summed E-state index contributed by atoms with van der Waals surface area (Å²) in [5.41, 5.74) is 8.56. The maximum Gasteiger partial charge on any atom is 0.220 e. The largest absolute Gasteiger partial charge is 0.355 e. The number of carbonyl (C=O) groups is 1. The number of amides is 1. The molecule has 0 aliphatic heterocycles. The Hall–Kier alpha value is -1.35. The number of hydrogen-bond acceptors (Lipinski definition) is 2. The van der Waals surface area contributed by atoms with Crippen LogP contribution in [0, 0.1) is 5.92 Å². The van der Waals surface area contributed by atoms with Gasteiger partial charge >= 0.3 is 0 Å². The minimum absolute atomic E-state index is 0.103. The van der Waals surface area contributed by atoms with Crippen LogP contribution in [0.1, 0.15) is 63.0 Å². The van der Waals surface area contributed by atoms with Crippen molar-refractivity contribution in [2.45, 2.75) is 57.9 Å². The van der Waals surface area contributed by atoms with Crippen LogP contribution >= 0.6 is 0 Å². The van der Waals surface area contributed by atoms with Crippen LogP contribution in [0.5, 0.6) is 0 Å². The first-order valence-corrected chi connectivity index (χ1v) is 8.09. The summed E-state index contributed by atoms with van der Waals surface area (Å²) < 4.78 is 0. The van der Waals surface area contributed by atoms with Crippen LogP contribution in [0.3, 0.4) is 0 Å². The fourth-order valence-corrected chi connectivity index (χ4v) is 2.60. The lowest BCUT2D eigenvalue weighted by atomic mass is 9.94. The smallest absolute Gasteiger partial charge is 0.220 e. The van der Waals surface area contributed by atoms with Crippen LogP contribution in [-0.4, -0.2) is 18.5 Å². The van der Waals surface area contributed by atoms with Gasteiger partial charge in [-0.15, -0.1) is 0 Å². The average Bonchev–Trinajstić information content (AvgIpc) is 3.29. The van der Waals surface area contributed by atoms with Crippen LogP contribution in [0.2, 0.25) is 0 Å². The Bertz CT molecular complexity index is 463. The van der Waals surface area contributed by atoms with Gasteiger partial charge in [-0.25, -0.2) is 0 Å². The van der Waals surface area contributed by atoms with E-state index in [1.807, 2.05) is 0 Å². The molecule has 0 saturated heterocycles. The first-order chi connectivity index (χ1) is 9.97. The topological polar surface area (TPSA) is 55.1 Å². The molecule has 0 radical (unpaired) electrons. The maximum absolute atomic E-state index is 12.0. The first kappa shape index (κ1) is 16.0. The molecule has 1 aliphatic carbocycles. The van der Waals surface area contributed by atoms with E-state index in [4.69, 9.17) is 5.73 Å². The molecule has 0 bridgehead atoms. The summed E-state index contributed by atoms with van der Waals surface area (Å²) in [5, 5.41) is 2.97. The van der Waals surface area contributed by atoms with Crippen LogP contribution in [0.4, 0.5) is 0 Å². The van der Waals surface area contributed by atoms with E-state index in [9.17, 15) is 4.79 Å². The molecule has 1 aliphatic rings. The summed E-state index contributed by atoms with van der Waals surface area (Å²) in [6.07, 6.45) is 2.96. The zero-order valence-electron chi connectivity index (χ0n) is 13.4. The Morgan fingerprint density at radius 1 is 1.19 bits per heavy atom. The highest BCUT2D eigenvalue weighted by molar-refractivity contribution is 5.76. The Balaban J connectivity index is 1.79. The number of rotatable bonds is 7. The van der Waals surface area contributed by atoms with Crippen molar-refractivity contribution in [2.75, 3.05) is 6.54 Å². The molecule has 0 spiro atoms. The molecule has 116 valence electrons. The summed E-state index contributed by atoms with van der Waals surface area (Å²) in [6.45, 7) is 7.09. The van der Waals surface area contributed by atoms with Crippen LogP contribution in [-0.2, 0) is 4.79 Å². The second-order valence-corrected chi connectivity index (χ2v) is 6.73. The van der Waals surface area contributed by atoms with E-state index in [2.05, 4.69) is 50.4 Å². The van der Waals surface area contributed by atoms with Gasteiger partial charge in [0.25, 0.3) is 0 Å². The van der Waals surface area contributed by atoms with E-state index in [1.54, 1.807) is 0 Å². The van der Waals surface area contributed by atoms with Crippen molar-refractivity contribution in [3.8, 4) is 0 Å². The van der Waals surface area contributed by atoms with Crippen molar-refractivity contribution in [2.24, 2.45) is 11.7 Å². The molecule has 0 aromatic heterocycles. The van der Waals surface area contributed by atoms with Gasteiger partial charge in [0.1, 0.15) is 0 Å². The molecule has 1 aromatic rings. The van der Waals surface area contributed by atoms with Gasteiger partial charge in [-0.05, 0) is 41.7 Å². The number of hydrogen-bond donors (Lipinski definition) is 2. The average molecular weight is 288 g/mol. The maximum atomic E-state index is 12.0. The molecule has 1 aromatic carbocycles. The lowest BCUT2D eigenvalue weighted by Gasteiger charge is -2.15. The number of nitrogens with one attached hydrogen (secondary N) is 1. The normalized spacial score (nSPS) is 17.6. The van der Waals surface area contributed by atoms with Crippen molar-refractivity contribution < 1.29 is 4.79 Å². The minimum atomic E-state index is 0.103. The van der Waals surface area contributed by atoms with Gasteiger partial charge in [-0.1, -0.05) is 45.0 Å². The molecule has 3 N–H and O–H groups in total. The third-order valence-electron chi connectivity index (χ3n) is 4.43. The van der Waals surface area contributed by atoms with Crippen molar-refractivity contribution in [1.29, 1.82) is 0 Å². The molecular formula is C18H28N2O. The molecule has 2 rings (SSSR count). The lowest BCUT2D eigenvalue weighted by Crippen LogP contribution is -2.38. The van der Waals surface area contributed by atoms with E-state index in [0.29, 0.717) is 24.8 Å². The van der Waals surface area contributed by atoms with E-state index in [0.717, 1.165) is 0 Å². The SMILES string of the molecule is CC(C)c1ccc(C(C)CC(=O)NCC(N)C2CC2)cc1. The fraction of sp³-hybridized carbons (Fsp3) is 0.611. The number of nitrogens with two attached hydrogens (primary N) is 1. The molecule has 1 fully saturated rings. The highest BCUT2D eigenvalue weighted by Gasteiger charge is 2.28. The van der Waals surface area contributed by atoms with Crippen molar-refractivity contribution in [1.82, 2.24) is 5.32 Å². The van der Waals surface area contributed by atoms with Gasteiger partial charge < -0.3 is 11.1 Å². The van der Waals surface area contributed by atoms with Crippen molar-refractivity contribution in [3.05, 3.63) is 35.4 Å². The summed E-state index contributed by atoms with van der Waals surface area (Å²) in [7, 11) is 0. The Morgan fingerprint density at radius 2 is 1.76 bits per heavy atom. The summed E-state index contributed by atoms with van der Waals surface area (Å²) in [4.78, 5) is 12.0. The Morgan fingerprint density at radius 3 is 2.29 bits per heavy atom. The molecule has 3 heteroatoms.